The number of rotatable bonds is 3. The van der Waals surface area contributed by atoms with Crippen LogP contribution in [-0.4, -0.2) is 31.7 Å². The maximum Gasteiger partial charge on any atom is 0.269 e. The molecule has 0 amide bonds. The van der Waals surface area contributed by atoms with E-state index in [9.17, 15) is 18.5 Å². The molecule has 1 aromatic rings. The molecule has 0 aromatic heterocycles. The van der Waals surface area contributed by atoms with Crippen LogP contribution in [0, 0.1) is 10.1 Å². The SMILES string of the molecule is Cl.O=[N+]([O-])c1ccc(S(=O)(=O)C2CCCNC2)cc1. The Hall–Kier alpha value is -1.18. The van der Waals surface area contributed by atoms with Gasteiger partial charge in [-0.3, -0.25) is 10.1 Å². The second-order valence-electron chi connectivity index (χ2n) is 4.26. The molecule has 0 saturated carbocycles. The topological polar surface area (TPSA) is 89.3 Å². The molecule has 106 valence electrons. The highest BCUT2D eigenvalue weighted by molar-refractivity contribution is 7.92. The van der Waals surface area contributed by atoms with Gasteiger partial charge in [-0.05, 0) is 31.5 Å². The summed E-state index contributed by atoms with van der Waals surface area (Å²) in [6.07, 6.45) is 1.46. The molecule has 1 aromatic carbocycles. The van der Waals surface area contributed by atoms with E-state index >= 15 is 0 Å². The first kappa shape index (κ1) is 15.9. The van der Waals surface area contributed by atoms with Crippen molar-refractivity contribution in [3.05, 3.63) is 34.4 Å². The number of sulfone groups is 1. The van der Waals surface area contributed by atoms with Gasteiger partial charge in [-0.2, -0.15) is 0 Å². The molecule has 1 saturated heterocycles. The molecule has 6 nitrogen and oxygen atoms in total. The summed E-state index contributed by atoms with van der Waals surface area (Å²) in [6, 6.07) is 5.07. The fourth-order valence-electron chi connectivity index (χ4n) is 2.03. The molecule has 8 heteroatoms. The molecule has 19 heavy (non-hydrogen) atoms. The summed E-state index contributed by atoms with van der Waals surface area (Å²) in [6.45, 7) is 1.28. The number of benzene rings is 1. The highest BCUT2D eigenvalue weighted by Gasteiger charge is 2.29. The molecule has 1 heterocycles. The quantitative estimate of drug-likeness (QED) is 0.676. The van der Waals surface area contributed by atoms with Gasteiger partial charge in [-0.1, -0.05) is 0 Å². The standard InChI is InChI=1S/C11H14N2O4S.ClH/c14-13(15)9-3-5-10(6-4-9)18(16,17)11-2-1-7-12-8-11;/h3-6,11-12H,1-2,7-8H2;1H. The van der Waals surface area contributed by atoms with Crippen LogP contribution in [0.25, 0.3) is 0 Å². The fraction of sp³-hybridized carbons (Fsp3) is 0.455. The number of nitrogens with zero attached hydrogens (tertiary/aromatic N) is 1. The number of hydrogen-bond donors (Lipinski definition) is 1. The highest BCUT2D eigenvalue weighted by atomic mass is 35.5. The van der Waals surface area contributed by atoms with Gasteiger partial charge in [0.2, 0.25) is 0 Å². The Balaban J connectivity index is 0.00000180. The molecule has 0 radical (unpaired) electrons. The van der Waals surface area contributed by atoms with Crippen molar-refractivity contribution in [2.75, 3.05) is 13.1 Å². The number of piperidine rings is 1. The van der Waals surface area contributed by atoms with E-state index in [1.54, 1.807) is 0 Å². The molecule has 2 rings (SSSR count). The Kier molecular flexibility index (Phi) is 5.28. The Morgan fingerprint density at radius 2 is 1.89 bits per heavy atom. The van der Waals surface area contributed by atoms with Gasteiger partial charge in [0.15, 0.2) is 9.84 Å². The van der Waals surface area contributed by atoms with Gasteiger partial charge in [0.05, 0.1) is 15.1 Å². The number of non-ortho nitro benzene ring substituents is 1. The Labute approximate surface area is 117 Å². The molecule has 1 N–H and O–H groups in total. The lowest BCUT2D eigenvalue weighted by Crippen LogP contribution is -2.38. The average Bonchev–Trinajstić information content (AvgIpc) is 2.40. The zero-order valence-electron chi connectivity index (χ0n) is 10.1. The van der Waals surface area contributed by atoms with E-state index in [1.165, 1.54) is 24.3 Å². The first-order valence-electron chi connectivity index (χ1n) is 5.71. The maximum atomic E-state index is 12.3. The molecule has 1 aliphatic rings. The third kappa shape index (κ3) is 3.43. The number of halogens is 1. The van der Waals surface area contributed by atoms with Crippen molar-refractivity contribution in [1.82, 2.24) is 5.32 Å². The summed E-state index contributed by atoms with van der Waals surface area (Å²) < 4.78 is 24.5. The lowest BCUT2D eigenvalue weighted by molar-refractivity contribution is -0.384. The Morgan fingerprint density at radius 1 is 1.26 bits per heavy atom. The van der Waals surface area contributed by atoms with E-state index in [1.807, 2.05) is 0 Å². The first-order valence-corrected chi connectivity index (χ1v) is 7.25. The number of nitro benzene ring substituents is 1. The van der Waals surface area contributed by atoms with Crippen molar-refractivity contribution in [3.8, 4) is 0 Å². The van der Waals surface area contributed by atoms with Crippen LogP contribution in [0.3, 0.4) is 0 Å². The van der Waals surface area contributed by atoms with Gasteiger partial charge in [0, 0.05) is 18.7 Å². The largest absolute Gasteiger partial charge is 0.315 e. The van der Waals surface area contributed by atoms with Crippen LogP contribution in [0.4, 0.5) is 5.69 Å². The lowest BCUT2D eigenvalue weighted by atomic mass is 10.2. The molecule has 1 unspecified atom stereocenters. The molecule has 1 aliphatic heterocycles. The second-order valence-corrected chi connectivity index (χ2v) is 6.49. The van der Waals surface area contributed by atoms with E-state index < -0.39 is 20.0 Å². The number of hydrogen-bond acceptors (Lipinski definition) is 5. The molecular formula is C11H15ClN2O4S. The third-order valence-corrected chi connectivity index (χ3v) is 5.28. The monoisotopic (exact) mass is 306 g/mol. The second kappa shape index (κ2) is 6.31. The summed E-state index contributed by atoms with van der Waals surface area (Å²) in [4.78, 5) is 10.1. The minimum absolute atomic E-state index is 0. The zero-order valence-corrected chi connectivity index (χ0v) is 11.7. The van der Waals surface area contributed by atoms with Crippen LogP contribution in [0.15, 0.2) is 29.2 Å². The lowest BCUT2D eigenvalue weighted by Gasteiger charge is -2.22. The summed E-state index contributed by atoms with van der Waals surface area (Å²) >= 11 is 0. The van der Waals surface area contributed by atoms with Crippen LogP contribution < -0.4 is 5.32 Å². The van der Waals surface area contributed by atoms with E-state index in [-0.39, 0.29) is 23.0 Å². The molecular weight excluding hydrogens is 292 g/mol. The van der Waals surface area contributed by atoms with Gasteiger partial charge >= 0.3 is 0 Å². The summed E-state index contributed by atoms with van der Waals surface area (Å²) in [7, 11) is -3.39. The van der Waals surface area contributed by atoms with E-state index in [4.69, 9.17) is 0 Å². The van der Waals surface area contributed by atoms with Crippen molar-refractivity contribution in [2.45, 2.75) is 23.0 Å². The summed E-state index contributed by atoms with van der Waals surface area (Å²) in [5.74, 6) is 0. The van der Waals surface area contributed by atoms with E-state index in [2.05, 4.69) is 5.32 Å². The average molecular weight is 307 g/mol. The normalized spacial score (nSPS) is 19.5. The number of nitro groups is 1. The van der Waals surface area contributed by atoms with Gasteiger partial charge in [0.1, 0.15) is 0 Å². The van der Waals surface area contributed by atoms with Gasteiger partial charge < -0.3 is 5.32 Å². The number of nitrogens with one attached hydrogen (secondary N) is 1. The zero-order chi connectivity index (χ0) is 13.2. The third-order valence-electron chi connectivity index (χ3n) is 3.07. The van der Waals surface area contributed by atoms with E-state index in [0.29, 0.717) is 13.0 Å². The molecule has 0 bridgehead atoms. The van der Waals surface area contributed by atoms with Gasteiger partial charge in [-0.25, -0.2) is 8.42 Å². The maximum absolute atomic E-state index is 12.3. The Morgan fingerprint density at radius 3 is 2.37 bits per heavy atom. The molecule has 0 aliphatic carbocycles. The van der Waals surface area contributed by atoms with Crippen molar-refractivity contribution in [1.29, 1.82) is 0 Å². The van der Waals surface area contributed by atoms with E-state index in [0.717, 1.165) is 13.0 Å². The highest BCUT2D eigenvalue weighted by Crippen LogP contribution is 2.23. The van der Waals surface area contributed by atoms with Gasteiger partial charge in [-0.15, -0.1) is 12.4 Å². The summed E-state index contributed by atoms with van der Waals surface area (Å²) in [5, 5.41) is 13.1. The first-order chi connectivity index (χ1) is 8.51. The minimum Gasteiger partial charge on any atom is -0.315 e. The van der Waals surface area contributed by atoms with Crippen molar-refractivity contribution >= 4 is 27.9 Å². The fourth-order valence-corrected chi connectivity index (χ4v) is 3.75. The Bertz CT molecular complexity index is 538. The van der Waals surface area contributed by atoms with Crippen molar-refractivity contribution in [3.63, 3.8) is 0 Å². The van der Waals surface area contributed by atoms with Crippen LogP contribution in [0.1, 0.15) is 12.8 Å². The van der Waals surface area contributed by atoms with Crippen LogP contribution >= 0.6 is 12.4 Å². The molecule has 0 spiro atoms. The molecule has 1 atom stereocenters. The minimum atomic E-state index is -3.39. The summed E-state index contributed by atoms with van der Waals surface area (Å²) in [5.41, 5.74) is -0.101. The van der Waals surface area contributed by atoms with Gasteiger partial charge in [0.25, 0.3) is 5.69 Å². The predicted molar refractivity (Wildman–Crippen MR) is 73.4 cm³/mol. The predicted octanol–water partition coefficient (Wildman–Crippen LogP) is 1.54. The van der Waals surface area contributed by atoms with Crippen LogP contribution in [-0.2, 0) is 9.84 Å². The van der Waals surface area contributed by atoms with Crippen molar-refractivity contribution in [2.24, 2.45) is 0 Å². The smallest absolute Gasteiger partial charge is 0.269 e. The van der Waals surface area contributed by atoms with Crippen LogP contribution in [0.5, 0.6) is 0 Å². The van der Waals surface area contributed by atoms with Crippen LogP contribution in [0.2, 0.25) is 0 Å². The van der Waals surface area contributed by atoms with Crippen molar-refractivity contribution < 1.29 is 13.3 Å². The molecule has 1 fully saturated rings.